The third kappa shape index (κ3) is 4.38. The van der Waals surface area contributed by atoms with E-state index < -0.39 is 5.91 Å². The summed E-state index contributed by atoms with van der Waals surface area (Å²) in [5.74, 6) is -0.455. The van der Waals surface area contributed by atoms with Gasteiger partial charge < -0.3 is 15.4 Å². The molecule has 0 radical (unpaired) electrons. The van der Waals surface area contributed by atoms with Crippen LogP contribution in [-0.4, -0.2) is 25.2 Å². The Morgan fingerprint density at radius 2 is 2.32 bits per heavy atom. The van der Waals surface area contributed by atoms with Gasteiger partial charge >= 0.3 is 0 Å². The Hall–Kier alpha value is -1.74. The van der Waals surface area contributed by atoms with Crippen molar-refractivity contribution >= 4 is 34.8 Å². The molecule has 1 unspecified atom stereocenters. The standard InChI is InChI=1S/C15H15Cl2N3O2/c16-12-4-1-5-13(14(12)17)19-8-10(7-18)15(21)20-9-11-3-2-6-22-11/h1,4-5,8,11,19H,2-3,6,9H2,(H,20,21)/b10-8-. The van der Waals surface area contributed by atoms with Gasteiger partial charge in [-0.15, -0.1) is 0 Å². The maximum atomic E-state index is 11.9. The number of hydrogen-bond acceptors (Lipinski definition) is 4. The van der Waals surface area contributed by atoms with Crippen LogP contribution in [0, 0.1) is 11.3 Å². The van der Waals surface area contributed by atoms with Crippen molar-refractivity contribution in [1.82, 2.24) is 5.32 Å². The molecule has 1 saturated heterocycles. The van der Waals surface area contributed by atoms with Crippen molar-refractivity contribution in [2.45, 2.75) is 18.9 Å². The Morgan fingerprint density at radius 3 is 3.00 bits per heavy atom. The van der Waals surface area contributed by atoms with Gasteiger partial charge in [-0.05, 0) is 25.0 Å². The van der Waals surface area contributed by atoms with E-state index in [1.54, 1.807) is 18.2 Å². The fourth-order valence-electron chi connectivity index (χ4n) is 2.02. The minimum Gasteiger partial charge on any atom is -0.376 e. The number of nitrogens with zero attached hydrogens (tertiary/aromatic N) is 1. The second kappa shape index (κ2) is 8.04. The predicted octanol–water partition coefficient (Wildman–Crippen LogP) is 3.11. The second-order valence-electron chi connectivity index (χ2n) is 4.76. The zero-order chi connectivity index (χ0) is 15.9. The van der Waals surface area contributed by atoms with Crippen molar-refractivity contribution in [2.75, 3.05) is 18.5 Å². The van der Waals surface area contributed by atoms with Crippen LogP contribution in [0.2, 0.25) is 10.0 Å². The lowest BCUT2D eigenvalue weighted by molar-refractivity contribution is -0.117. The summed E-state index contributed by atoms with van der Waals surface area (Å²) < 4.78 is 5.41. The molecule has 0 spiro atoms. The number of rotatable bonds is 5. The molecule has 1 aromatic carbocycles. The van der Waals surface area contributed by atoms with Crippen molar-refractivity contribution < 1.29 is 9.53 Å². The highest BCUT2D eigenvalue weighted by Gasteiger charge is 2.17. The molecule has 1 amide bonds. The lowest BCUT2D eigenvalue weighted by Crippen LogP contribution is -2.32. The van der Waals surface area contributed by atoms with Gasteiger partial charge in [-0.25, -0.2) is 0 Å². The van der Waals surface area contributed by atoms with Crippen LogP contribution >= 0.6 is 23.2 Å². The molecule has 1 fully saturated rings. The number of nitrogens with one attached hydrogen (secondary N) is 2. The summed E-state index contributed by atoms with van der Waals surface area (Å²) in [6.45, 7) is 1.12. The molecule has 7 heteroatoms. The molecule has 1 aliphatic heterocycles. The first-order chi connectivity index (χ1) is 10.6. The van der Waals surface area contributed by atoms with Gasteiger partial charge in [-0.2, -0.15) is 5.26 Å². The summed E-state index contributed by atoms with van der Waals surface area (Å²) in [5.41, 5.74) is 0.475. The topological polar surface area (TPSA) is 74.2 Å². The van der Waals surface area contributed by atoms with Crippen LogP contribution < -0.4 is 10.6 Å². The quantitative estimate of drug-likeness (QED) is 0.638. The van der Waals surface area contributed by atoms with Gasteiger partial charge in [0.15, 0.2) is 0 Å². The van der Waals surface area contributed by atoms with E-state index in [0.29, 0.717) is 22.3 Å². The zero-order valence-corrected chi connectivity index (χ0v) is 13.2. The van der Waals surface area contributed by atoms with Crippen LogP contribution in [-0.2, 0) is 9.53 Å². The maximum absolute atomic E-state index is 11.9. The Kier molecular flexibility index (Phi) is 6.08. The minimum atomic E-state index is -0.455. The van der Waals surface area contributed by atoms with Crippen LogP contribution in [0.25, 0.3) is 0 Å². The molecule has 1 heterocycles. The summed E-state index contributed by atoms with van der Waals surface area (Å²) >= 11 is 11.9. The molecule has 1 aliphatic rings. The summed E-state index contributed by atoms with van der Waals surface area (Å²) in [6.07, 6.45) is 3.25. The van der Waals surface area contributed by atoms with Crippen molar-refractivity contribution in [2.24, 2.45) is 0 Å². The third-order valence-corrected chi connectivity index (χ3v) is 4.02. The van der Waals surface area contributed by atoms with Crippen molar-refractivity contribution in [1.29, 1.82) is 5.26 Å². The van der Waals surface area contributed by atoms with E-state index in [1.165, 1.54) is 6.20 Å². The fourth-order valence-corrected chi connectivity index (χ4v) is 2.38. The van der Waals surface area contributed by atoms with E-state index in [-0.39, 0.29) is 11.7 Å². The molecule has 0 aromatic heterocycles. The number of ether oxygens (including phenoxy) is 1. The molecule has 2 rings (SSSR count). The SMILES string of the molecule is N#C/C(=C/Nc1cccc(Cl)c1Cl)C(=O)NCC1CCCO1. The Balaban J connectivity index is 1.96. The van der Waals surface area contributed by atoms with E-state index in [2.05, 4.69) is 10.6 Å². The van der Waals surface area contributed by atoms with Crippen molar-refractivity contribution in [3.8, 4) is 6.07 Å². The van der Waals surface area contributed by atoms with Gasteiger partial charge in [0.2, 0.25) is 0 Å². The summed E-state index contributed by atoms with van der Waals surface area (Å²) in [5, 5.41) is 15.3. The number of carbonyl (C=O) groups is 1. The average Bonchev–Trinajstić information content (AvgIpc) is 3.03. The van der Waals surface area contributed by atoms with Crippen molar-refractivity contribution in [3.63, 3.8) is 0 Å². The lowest BCUT2D eigenvalue weighted by Gasteiger charge is -2.10. The average molecular weight is 340 g/mol. The van der Waals surface area contributed by atoms with Crippen LogP contribution in [0.5, 0.6) is 0 Å². The van der Waals surface area contributed by atoms with Crippen molar-refractivity contribution in [3.05, 3.63) is 40.0 Å². The molecular formula is C15H15Cl2N3O2. The normalized spacial score (nSPS) is 17.9. The largest absolute Gasteiger partial charge is 0.376 e. The van der Waals surface area contributed by atoms with E-state index >= 15 is 0 Å². The molecule has 2 N–H and O–H groups in total. The van der Waals surface area contributed by atoms with E-state index in [1.807, 2.05) is 6.07 Å². The molecule has 1 aromatic rings. The number of hydrogen-bond donors (Lipinski definition) is 2. The molecule has 0 aliphatic carbocycles. The van der Waals surface area contributed by atoms with E-state index in [4.69, 9.17) is 33.2 Å². The highest BCUT2D eigenvalue weighted by molar-refractivity contribution is 6.43. The van der Waals surface area contributed by atoms with Crippen LogP contribution in [0.15, 0.2) is 30.0 Å². The lowest BCUT2D eigenvalue weighted by atomic mass is 10.2. The smallest absolute Gasteiger partial charge is 0.263 e. The van der Waals surface area contributed by atoms with Gasteiger partial charge in [0, 0.05) is 19.4 Å². The molecule has 22 heavy (non-hydrogen) atoms. The number of halogens is 2. The number of amides is 1. The Labute approximate surface area is 138 Å². The second-order valence-corrected chi connectivity index (χ2v) is 5.55. The van der Waals surface area contributed by atoms with Crippen LogP contribution in [0.4, 0.5) is 5.69 Å². The fraction of sp³-hybridized carbons (Fsp3) is 0.333. The summed E-state index contributed by atoms with van der Waals surface area (Å²) in [6, 6.07) is 6.92. The number of anilines is 1. The molecule has 116 valence electrons. The number of nitriles is 1. The van der Waals surface area contributed by atoms with Gasteiger partial charge in [0.1, 0.15) is 11.6 Å². The highest BCUT2D eigenvalue weighted by atomic mass is 35.5. The molecule has 0 saturated carbocycles. The zero-order valence-electron chi connectivity index (χ0n) is 11.7. The first kappa shape index (κ1) is 16.6. The maximum Gasteiger partial charge on any atom is 0.263 e. The molecule has 5 nitrogen and oxygen atoms in total. The predicted molar refractivity (Wildman–Crippen MR) is 85.8 cm³/mol. The number of carbonyl (C=O) groups excluding carboxylic acids is 1. The highest BCUT2D eigenvalue weighted by Crippen LogP contribution is 2.29. The third-order valence-electron chi connectivity index (χ3n) is 3.20. The van der Waals surface area contributed by atoms with Gasteiger partial charge in [-0.3, -0.25) is 4.79 Å². The molecular weight excluding hydrogens is 325 g/mol. The van der Waals surface area contributed by atoms with E-state index in [0.717, 1.165) is 19.4 Å². The van der Waals surface area contributed by atoms with Gasteiger partial charge in [-0.1, -0.05) is 29.3 Å². The minimum absolute atomic E-state index is 0.0271. The van der Waals surface area contributed by atoms with Gasteiger partial charge in [0.25, 0.3) is 5.91 Å². The Morgan fingerprint density at radius 1 is 1.50 bits per heavy atom. The van der Waals surface area contributed by atoms with Gasteiger partial charge in [0.05, 0.1) is 21.8 Å². The number of benzene rings is 1. The van der Waals surface area contributed by atoms with Crippen LogP contribution in [0.1, 0.15) is 12.8 Å². The first-order valence-electron chi connectivity index (χ1n) is 6.82. The Bertz CT molecular complexity index is 620. The molecule has 1 atom stereocenters. The van der Waals surface area contributed by atoms with Crippen LogP contribution in [0.3, 0.4) is 0 Å². The monoisotopic (exact) mass is 339 g/mol. The summed E-state index contributed by atoms with van der Waals surface area (Å²) in [4.78, 5) is 11.9. The summed E-state index contributed by atoms with van der Waals surface area (Å²) in [7, 11) is 0. The molecule has 0 bridgehead atoms. The first-order valence-corrected chi connectivity index (χ1v) is 7.58. The van der Waals surface area contributed by atoms with E-state index in [9.17, 15) is 4.79 Å².